The fraction of sp³-hybridized carbons (Fsp3) is 0.429. The van der Waals surface area contributed by atoms with E-state index in [-0.39, 0.29) is 29.2 Å². The van der Waals surface area contributed by atoms with Crippen molar-refractivity contribution in [1.82, 2.24) is 0 Å². The van der Waals surface area contributed by atoms with E-state index in [2.05, 4.69) is 31.9 Å². The molecule has 3 aromatic rings. The van der Waals surface area contributed by atoms with Crippen LogP contribution in [0.4, 0.5) is 8.78 Å². The Morgan fingerprint density at radius 3 is 1.95 bits per heavy atom. The molecule has 4 nitrogen and oxygen atoms in total. The highest BCUT2D eigenvalue weighted by molar-refractivity contribution is 7.92. The number of benzene rings is 3. The van der Waals surface area contributed by atoms with Gasteiger partial charge in [0.2, 0.25) is 0 Å². The van der Waals surface area contributed by atoms with E-state index in [4.69, 9.17) is 21.4 Å². The Labute approximate surface area is 263 Å². The SMILES string of the molecule is C#C.CC.CC.CCCO.Cc1ccccc1.O=S(=O)(c1ccc(Cl)cc1)[C@@]12CCCCC1COc1c(F)ccc(F)c12. The van der Waals surface area contributed by atoms with Gasteiger partial charge in [0.15, 0.2) is 21.4 Å². The molecule has 3 aromatic carbocycles. The summed E-state index contributed by atoms with van der Waals surface area (Å²) >= 11 is 5.89. The second-order valence-corrected chi connectivity index (χ2v) is 11.9. The minimum atomic E-state index is -4.00. The van der Waals surface area contributed by atoms with Gasteiger partial charge in [0, 0.05) is 17.5 Å². The third kappa shape index (κ3) is 10.1. The maximum atomic E-state index is 14.8. The van der Waals surface area contributed by atoms with Gasteiger partial charge in [0.25, 0.3) is 0 Å². The summed E-state index contributed by atoms with van der Waals surface area (Å²) in [5.41, 5.74) is 1.16. The van der Waals surface area contributed by atoms with Gasteiger partial charge in [0.05, 0.1) is 17.1 Å². The van der Waals surface area contributed by atoms with Crippen LogP contribution in [0.5, 0.6) is 5.75 Å². The molecule has 1 saturated carbocycles. The van der Waals surface area contributed by atoms with Crippen molar-refractivity contribution in [3.8, 4) is 18.6 Å². The Morgan fingerprint density at radius 2 is 1.47 bits per heavy atom. The molecule has 1 unspecified atom stereocenters. The van der Waals surface area contributed by atoms with Crippen molar-refractivity contribution < 1.29 is 27.0 Å². The molecular formula is C35H47ClF2O4S. The minimum absolute atomic E-state index is 0.0557. The lowest BCUT2D eigenvalue weighted by atomic mass is 9.73. The number of fused-ring (bicyclic) bond motifs is 3. The maximum Gasteiger partial charge on any atom is 0.188 e. The number of terminal acetylenes is 1. The normalized spacial score (nSPS) is 17.6. The summed E-state index contributed by atoms with van der Waals surface area (Å²) in [6, 6.07) is 18.0. The lowest BCUT2D eigenvalue weighted by molar-refractivity contribution is 0.124. The van der Waals surface area contributed by atoms with Crippen molar-refractivity contribution in [1.29, 1.82) is 0 Å². The summed E-state index contributed by atoms with van der Waals surface area (Å²) in [6.45, 7) is 12.4. The standard InChI is InChI=1S/C19H17ClF2O3S.C7H8.C3H8O.2C2H6.C2H2/c20-13-4-6-14(7-5-13)26(23,24)19-10-2-1-3-12(19)11-25-18-16(22)9-8-15(21)17(18)19;1-7-5-3-2-4-6-7;1-2-3-4;3*1-2/h4-9,12H,1-3,10-11H2;2-6H,1H3;4H,2-3H2,1H3;2*1-2H3;1-2H/t12?,19-;;;;;/m0...../s1. The number of halogens is 3. The smallest absolute Gasteiger partial charge is 0.188 e. The van der Waals surface area contributed by atoms with Crippen LogP contribution in [-0.2, 0) is 14.6 Å². The van der Waals surface area contributed by atoms with E-state index in [0.717, 1.165) is 25.0 Å². The molecule has 0 amide bonds. The van der Waals surface area contributed by atoms with Crippen LogP contribution in [0.1, 0.15) is 77.8 Å². The maximum absolute atomic E-state index is 14.8. The molecule has 1 fully saturated rings. The molecule has 1 heterocycles. The second kappa shape index (κ2) is 20.9. The zero-order chi connectivity index (χ0) is 33.1. The Bertz CT molecular complexity index is 1310. The number of ether oxygens (including phenoxy) is 1. The van der Waals surface area contributed by atoms with Gasteiger partial charge in [-0.15, -0.1) is 12.8 Å². The first-order valence-corrected chi connectivity index (χ1v) is 16.6. The van der Waals surface area contributed by atoms with Gasteiger partial charge in [0.1, 0.15) is 10.6 Å². The first-order chi connectivity index (χ1) is 20.7. The Morgan fingerprint density at radius 1 is 0.930 bits per heavy atom. The van der Waals surface area contributed by atoms with E-state index < -0.39 is 32.1 Å². The first-order valence-electron chi connectivity index (χ1n) is 14.8. The van der Waals surface area contributed by atoms with E-state index in [9.17, 15) is 17.2 Å². The van der Waals surface area contributed by atoms with E-state index in [1.807, 2.05) is 52.8 Å². The molecule has 1 aliphatic carbocycles. The molecule has 5 rings (SSSR count). The fourth-order valence-corrected chi connectivity index (χ4v) is 7.40. The van der Waals surface area contributed by atoms with Gasteiger partial charge in [-0.1, -0.05) is 95.0 Å². The monoisotopic (exact) mass is 636 g/mol. The zero-order valence-electron chi connectivity index (χ0n) is 26.2. The lowest BCUT2D eigenvalue weighted by Crippen LogP contribution is -2.50. The largest absolute Gasteiger partial charge is 0.490 e. The average Bonchev–Trinajstić information content (AvgIpc) is 3.06. The third-order valence-electron chi connectivity index (χ3n) is 6.69. The van der Waals surface area contributed by atoms with Gasteiger partial charge < -0.3 is 9.84 Å². The topological polar surface area (TPSA) is 63.6 Å². The minimum Gasteiger partial charge on any atom is -0.490 e. The summed E-state index contributed by atoms with van der Waals surface area (Å²) in [5.74, 6) is -2.19. The summed E-state index contributed by atoms with van der Waals surface area (Å²) in [6.07, 6.45) is 11.2. The molecule has 2 atom stereocenters. The average molecular weight is 637 g/mol. The first kappa shape index (κ1) is 40.1. The molecule has 0 spiro atoms. The highest BCUT2D eigenvalue weighted by atomic mass is 35.5. The lowest BCUT2D eigenvalue weighted by Gasteiger charge is -2.47. The van der Waals surface area contributed by atoms with Gasteiger partial charge in [-0.25, -0.2) is 17.2 Å². The Balaban J connectivity index is 0.000000861. The van der Waals surface area contributed by atoms with Crippen molar-refractivity contribution >= 4 is 21.4 Å². The third-order valence-corrected chi connectivity index (χ3v) is 9.53. The van der Waals surface area contributed by atoms with E-state index in [0.29, 0.717) is 24.5 Å². The van der Waals surface area contributed by atoms with Crippen molar-refractivity contribution in [2.75, 3.05) is 13.2 Å². The van der Waals surface area contributed by atoms with Crippen LogP contribution in [0.25, 0.3) is 0 Å². The Kier molecular flexibility index (Phi) is 19.5. The molecule has 0 radical (unpaired) electrons. The van der Waals surface area contributed by atoms with Crippen LogP contribution >= 0.6 is 11.6 Å². The van der Waals surface area contributed by atoms with Gasteiger partial charge in [-0.05, 0) is 62.6 Å². The number of rotatable bonds is 3. The highest BCUT2D eigenvalue weighted by Gasteiger charge is 2.58. The molecule has 1 aliphatic heterocycles. The number of sulfone groups is 1. The molecule has 8 heteroatoms. The summed E-state index contributed by atoms with van der Waals surface area (Å²) in [7, 11) is -4.00. The van der Waals surface area contributed by atoms with Gasteiger partial charge in [-0.2, -0.15) is 0 Å². The van der Waals surface area contributed by atoms with Crippen LogP contribution in [0.3, 0.4) is 0 Å². The summed E-state index contributed by atoms with van der Waals surface area (Å²) < 4.78 is 60.5. The second-order valence-electron chi connectivity index (χ2n) is 9.21. The van der Waals surface area contributed by atoms with Gasteiger partial charge in [-0.3, -0.25) is 0 Å². The van der Waals surface area contributed by atoms with Crippen LogP contribution in [0, 0.1) is 37.3 Å². The van der Waals surface area contributed by atoms with E-state index in [1.54, 1.807) is 0 Å². The molecule has 1 N–H and O–H groups in total. The van der Waals surface area contributed by atoms with Crippen molar-refractivity contribution in [3.63, 3.8) is 0 Å². The van der Waals surface area contributed by atoms with Crippen molar-refractivity contribution in [2.24, 2.45) is 5.92 Å². The molecule has 0 aromatic heterocycles. The summed E-state index contributed by atoms with van der Waals surface area (Å²) in [5, 5.41) is 8.28. The number of aryl methyl sites for hydroxylation is 1. The molecule has 2 aliphatic rings. The van der Waals surface area contributed by atoms with E-state index >= 15 is 0 Å². The predicted molar refractivity (Wildman–Crippen MR) is 175 cm³/mol. The molecule has 0 bridgehead atoms. The van der Waals surface area contributed by atoms with E-state index in [1.165, 1.54) is 29.8 Å². The Hall–Kier alpha value is -2.92. The van der Waals surface area contributed by atoms with Crippen LogP contribution in [0.15, 0.2) is 71.6 Å². The summed E-state index contributed by atoms with van der Waals surface area (Å²) in [4.78, 5) is 0.0605. The van der Waals surface area contributed by atoms with Crippen LogP contribution < -0.4 is 4.74 Å². The number of aliphatic hydroxyl groups is 1. The predicted octanol–water partition coefficient (Wildman–Crippen LogP) is 9.56. The quantitative estimate of drug-likeness (QED) is 0.291. The molecule has 0 saturated heterocycles. The zero-order valence-corrected chi connectivity index (χ0v) is 27.8. The highest BCUT2D eigenvalue weighted by Crippen LogP contribution is 2.56. The van der Waals surface area contributed by atoms with Crippen LogP contribution in [-0.4, -0.2) is 26.7 Å². The number of hydrogen-bond acceptors (Lipinski definition) is 4. The van der Waals surface area contributed by atoms with Crippen molar-refractivity contribution in [2.45, 2.75) is 83.3 Å². The van der Waals surface area contributed by atoms with Crippen LogP contribution in [0.2, 0.25) is 5.02 Å². The fourth-order valence-electron chi connectivity index (χ4n) is 4.86. The van der Waals surface area contributed by atoms with Crippen molar-refractivity contribution in [3.05, 3.63) is 94.5 Å². The molecule has 43 heavy (non-hydrogen) atoms. The molecular weight excluding hydrogens is 590 g/mol. The number of hydrogen-bond donors (Lipinski definition) is 1. The number of aliphatic hydroxyl groups excluding tert-OH is 1. The van der Waals surface area contributed by atoms with Gasteiger partial charge >= 0.3 is 0 Å². The molecule has 238 valence electrons.